The minimum Gasteiger partial charge on any atom is -0.475 e. The van der Waals surface area contributed by atoms with Crippen molar-refractivity contribution in [2.24, 2.45) is 5.73 Å². The molecule has 0 fully saturated rings. The van der Waals surface area contributed by atoms with E-state index in [1.165, 1.54) is 0 Å². The molecule has 0 aromatic carbocycles. The minimum absolute atomic E-state index is 0.662. The number of carboxylic acid groups (broad SMARTS) is 1. The molecule has 3 atom stereocenters. The first-order chi connectivity index (χ1) is 5.91. The Morgan fingerprint density at radius 3 is 2.08 bits per heavy atom. The van der Waals surface area contributed by atoms with Crippen LogP contribution in [0.1, 0.15) is 0 Å². The van der Waals surface area contributed by atoms with Gasteiger partial charge in [0.15, 0.2) is 6.10 Å². The molecule has 0 rings (SSSR count). The van der Waals surface area contributed by atoms with Gasteiger partial charge >= 0.3 is 5.97 Å². The monoisotopic (exact) mass is 193 g/mol. The van der Waals surface area contributed by atoms with Crippen molar-refractivity contribution in [3.8, 4) is 0 Å². The second kappa shape index (κ2) is 4.87. The zero-order chi connectivity index (χ0) is 10.6. The highest BCUT2D eigenvalue weighted by Gasteiger charge is 2.32. The Morgan fingerprint density at radius 2 is 1.77 bits per heavy atom. The summed E-state index contributed by atoms with van der Waals surface area (Å²) in [4.78, 5) is 20.6. The van der Waals surface area contributed by atoms with Gasteiger partial charge in [-0.2, -0.15) is 0 Å². The zero-order valence-corrected chi connectivity index (χ0v) is 6.62. The molecule has 7 heteroatoms. The molecule has 7 nitrogen and oxygen atoms in total. The van der Waals surface area contributed by atoms with E-state index >= 15 is 0 Å². The van der Waals surface area contributed by atoms with Crippen molar-refractivity contribution in [1.82, 2.24) is 0 Å². The quantitative estimate of drug-likeness (QED) is 0.288. The number of aliphatic carboxylic acids is 1. The molecular formula is C6H11NO6. The molecular weight excluding hydrogens is 182 g/mol. The summed E-state index contributed by atoms with van der Waals surface area (Å²) in [6.45, 7) is -0.662. The molecule has 0 aliphatic carbocycles. The molecule has 0 saturated carbocycles. The molecule has 76 valence electrons. The van der Waals surface area contributed by atoms with Gasteiger partial charge in [0.1, 0.15) is 6.10 Å². The summed E-state index contributed by atoms with van der Waals surface area (Å²) in [5, 5.41) is 34.4. The van der Waals surface area contributed by atoms with E-state index < -0.39 is 36.6 Å². The fourth-order valence-corrected chi connectivity index (χ4v) is 0.624. The summed E-state index contributed by atoms with van der Waals surface area (Å²) in [6.07, 6.45) is -3.90. The van der Waals surface area contributed by atoms with Crippen molar-refractivity contribution < 1.29 is 30.0 Å². The summed E-state index contributed by atoms with van der Waals surface area (Å²) in [5.74, 6) is -3.42. The second-order valence-corrected chi connectivity index (χ2v) is 2.45. The van der Waals surface area contributed by atoms with E-state index in [0.717, 1.165) is 0 Å². The Morgan fingerprint density at radius 1 is 1.31 bits per heavy atom. The lowest BCUT2D eigenvalue weighted by Crippen LogP contribution is -2.50. The molecule has 0 bridgehead atoms. The summed E-state index contributed by atoms with van der Waals surface area (Å²) in [5.41, 5.74) is 5.05. The lowest BCUT2D eigenvalue weighted by Gasteiger charge is -2.19. The number of rotatable bonds is 5. The summed E-state index contributed by atoms with van der Waals surface area (Å²) in [7, 11) is 0. The Balaban J connectivity index is 4.33. The van der Waals surface area contributed by atoms with Gasteiger partial charge in [-0.05, 0) is 0 Å². The maximum absolute atomic E-state index is 10.6. The number of carboxylic acids is 1. The maximum atomic E-state index is 10.6. The van der Waals surface area contributed by atoms with Crippen molar-refractivity contribution in [3.05, 3.63) is 0 Å². The van der Waals surface area contributed by atoms with Gasteiger partial charge in [0.2, 0.25) is 0 Å². The predicted octanol–water partition coefficient (Wildman–Crippen LogP) is -3.32. The topological polar surface area (TPSA) is 141 Å². The van der Waals surface area contributed by atoms with Gasteiger partial charge in [-0.25, -0.2) is 4.79 Å². The van der Waals surface area contributed by atoms with Gasteiger partial charge in [0.05, 0.1) is 12.6 Å². The van der Waals surface area contributed by atoms with Crippen LogP contribution in [0.2, 0.25) is 0 Å². The van der Waals surface area contributed by atoms with Gasteiger partial charge in [0, 0.05) is 0 Å². The molecule has 0 saturated heterocycles. The molecule has 0 aliphatic heterocycles. The van der Waals surface area contributed by atoms with E-state index in [9.17, 15) is 9.59 Å². The van der Waals surface area contributed by atoms with E-state index in [-0.39, 0.29) is 0 Å². The second-order valence-electron chi connectivity index (χ2n) is 2.45. The minimum atomic E-state index is -2.11. The largest absolute Gasteiger partial charge is 0.475 e. The van der Waals surface area contributed by atoms with Crippen molar-refractivity contribution in [2.45, 2.75) is 18.2 Å². The van der Waals surface area contributed by atoms with Crippen LogP contribution in [0.4, 0.5) is 0 Å². The van der Waals surface area contributed by atoms with Crippen LogP contribution in [-0.4, -0.2) is 57.0 Å². The van der Waals surface area contributed by atoms with Gasteiger partial charge in [-0.1, -0.05) is 0 Å². The number of Topliss-reactive ketones (excluding diaryl/α,β-unsaturated/α-hetero) is 1. The van der Waals surface area contributed by atoms with Crippen LogP contribution in [0.15, 0.2) is 0 Å². The number of nitrogens with two attached hydrogens (primary N) is 1. The van der Waals surface area contributed by atoms with Crippen LogP contribution in [0, 0.1) is 0 Å². The third kappa shape index (κ3) is 3.07. The van der Waals surface area contributed by atoms with Crippen LogP contribution >= 0.6 is 0 Å². The zero-order valence-electron chi connectivity index (χ0n) is 6.62. The van der Waals surface area contributed by atoms with E-state index in [4.69, 9.17) is 26.2 Å². The van der Waals surface area contributed by atoms with E-state index in [1.54, 1.807) is 0 Å². The molecule has 0 heterocycles. The third-order valence-corrected chi connectivity index (χ3v) is 1.45. The molecule has 0 radical (unpaired) electrons. The van der Waals surface area contributed by atoms with Crippen molar-refractivity contribution in [3.63, 3.8) is 0 Å². The smallest absolute Gasteiger partial charge is 0.375 e. The van der Waals surface area contributed by atoms with Crippen LogP contribution < -0.4 is 5.73 Å². The number of ketones is 1. The Hall–Kier alpha value is -1.02. The highest BCUT2D eigenvalue weighted by Crippen LogP contribution is 1.99. The molecule has 0 spiro atoms. The number of aliphatic hydroxyl groups is 3. The molecule has 0 amide bonds. The maximum Gasteiger partial charge on any atom is 0.375 e. The van der Waals surface area contributed by atoms with Crippen molar-refractivity contribution in [2.75, 3.05) is 6.61 Å². The van der Waals surface area contributed by atoms with Gasteiger partial charge < -0.3 is 26.2 Å². The van der Waals surface area contributed by atoms with E-state index in [1.807, 2.05) is 0 Å². The molecule has 0 aromatic heterocycles. The van der Waals surface area contributed by atoms with E-state index in [0.29, 0.717) is 0 Å². The van der Waals surface area contributed by atoms with Crippen molar-refractivity contribution in [1.29, 1.82) is 0 Å². The number of carbonyl (C=O) groups excluding carboxylic acids is 1. The first kappa shape index (κ1) is 12.0. The summed E-state index contributed by atoms with van der Waals surface area (Å²) < 4.78 is 0. The standard InChI is InChI=1S/C6H11NO6/c7-2(1-8)3(9)4(10)5(11)6(12)13/h2-4,8-10H,1,7H2,(H,12,13)/t2-,3+,4+/m1/s1. The lowest BCUT2D eigenvalue weighted by atomic mass is 10.0. The lowest BCUT2D eigenvalue weighted by molar-refractivity contribution is -0.156. The van der Waals surface area contributed by atoms with Gasteiger partial charge in [-0.3, -0.25) is 4.79 Å². The van der Waals surface area contributed by atoms with Crippen LogP contribution in [0.25, 0.3) is 0 Å². The Labute approximate surface area is 73.4 Å². The first-order valence-electron chi connectivity index (χ1n) is 3.41. The SMILES string of the molecule is N[C@H](CO)[C@H](O)[C@H](O)C(=O)C(=O)O. The fraction of sp³-hybridized carbons (Fsp3) is 0.667. The van der Waals surface area contributed by atoms with Crippen LogP contribution in [-0.2, 0) is 9.59 Å². The highest BCUT2D eigenvalue weighted by molar-refractivity contribution is 6.34. The van der Waals surface area contributed by atoms with Gasteiger partial charge in [-0.15, -0.1) is 0 Å². The fourth-order valence-electron chi connectivity index (χ4n) is 0.624. The Kier molecular flexibility index (Phi) is 4.49. The van der Waals surface area contributed by atoms with Crippen molar-refractivity contribution >= 4 is 11.8 Å². The van der Waals surface area contributed by atoms with E-state index in [2.05, 4.69) is 0 Å². The number of carbonyl (C=O) groups is 2. The Bertz CT molecular complexity index is 205. The molecule has 0 aliphatic rings. The number of hydrogen-bond acceptors (Lipinski definition) is 6. The first-order valence-corrected chi connectivity index (χ1v) is 3.41. The normalized spacial score (nSPS) is 17.5. The molecule has 6 N–H and O–H groups in total. The average molecular weight is 193 g/mol. The van der Waals surface area contributed by atoms with Crippen LogP contribution in [0.5, 0.6) is 0 Å². The average Bonchev–Trinajstić information content (AvgIpc) is 2.12. The number of aliphatic hydroxyl groups excluding tert-OH is 3. The molecule has 0 aromatic rings. The van der Waals surface area contributed by atoms with Crippen LogP contribution in [0.3, 0.4) is 0 Å². The highest BCUT2D eigenvalue weighted by atomic mass is 16.4. The summed E-state index contributed by atoms with van der Waals surface area (Å²) >= 11 is 0. The summed E-state index contributed by atoms with van der Waals surface area (Å²) in [6, 6.07) is -1.25. The predicted molar refractivity (Wildman–Crippen MR) is 39.7 cm³/mol. The molecule has 13 heavy (non-hydrogen) atoms. The van der Waals surface area contributed by atoms with Gasteiger partial charge in [0.25, 0.3) is 5.78 Å². The molecule has 0 unspecified atom stereocenters. The third-order valence-electron chi connectivity index (χ3n) is 1.45. The number of hydrogen-bond donors (Lipinski definition) is 5.